The van der Waals surface area contributed by atoms with E-state index in [1.54, 1.807) is 11.1 Å². The molecule has 0 amide bonds. The Bertz CT molecular complexity index is 376. The van der Waals surface area contributed by atoms with Crippen LogP contribution < -0.4 is 5.32 Å². The van der Waals surface area contributed by atoms with Gasteiger partial charge in [0.2, 0.25) is 0 Å². The quantitative estimate of drug-likeness (QED) is 0.687. The van der Waals surface area contributed by atoms with E-state index in [-0.39, 0.29) is 0 Å². The van der Waals surface area contributed by atoms with E-state index in [1.165, 1.54) is 37.7 Å². The summed E-state index contributed by atoms with van der Waals surface area (Å²) in [7, 11) is 0. The molecule has 0 aliphatic heterocycles. The smallest absolute Gasteiger partial charge is 0.0478 e. The summed E-state index contributed by atoms with van der Waals surface area (Å²) in [5, 5.41) is 3.50. The van der Waals surface area contributed by atoms with Gasteiger partial charge in [0.25, 0.3) is 0 Å². The van der Waals surface area contributed by atoms with Crippen LogP contribution in [0.2, 0.25) is 0 Å². The van der Waals surface area contributed by atoms with E-state index < -0.39 is 0 Å². The maximum atomic E-state index is 5.55. The first-order valence-corrected chi connectivity index (χ1v) is 7.79. The van der Waals surface area contributed by atoms with Crippen molar-refractivity contribution in [1.82, 2.24) is 5.32 Å². The van der Waals surface area contributed by atoms with Crippen LogP contribution in [0.3, 0.4) is 0 Å². The van der Waals surface area contributed by atoms with Gasteiger partial charge in [-0.25, -0.2) is 0 Å². The zero-order valence-corrected chi connectivity index (χ0v) is 12.2. The molecule has 2 rings (SSSR count). The van der Waals surface area contributed by atoms with Gasteiger partial charge in [-0.05, 0) is 55.3 Å². The van der Waals surface area contributed by atoms with Gasteiger partial charge in [-0.3, -0.25) is 0 Å². The highest BCUT2D eigenvalue weighted by molar-refractivity contribution is 5.35. The zero-order valence-electron chi connectivity index (χ0n) is 12.2. The molecule has 0 heterocycles. The van der Waals surface area contributed by atoms with Crippen molar-refractivity contribution in [2.75, 3.05) is 19.8 Å². The number of unbranched alkanes of at least 4 members (excludes halogenated alkanes) is 1. The fraction of sp³-hybridized carbons (Fsp3) is 0.647. The van der Waals surface area contributed by atoms with Crippen molar-refractivity contribution in [2.24, 2.45) is 0 Å². The van der Waals surface area contributed by atoms with Crippen molar-refractivity contribution in [3.8, 4) is 0 Å². The topological polar surface area (TPSA) is 21.3 Å². The monoisotopic (exact) mass is 261 g/mol. The fourth-order valence-electron chi connectivity index (χ4n) is 2.62. The molecule has 106 valence electrons. The second-order valence-corrected chi connectivity index (χ2v) is 5.45. The number of aryl methyl sites for hydroxylation is 2. The number of fused-ring (bicyclic) bond motifs is 1. The SMILES string of the molecule is CCCCOCCCNCc1ccc2c(c1)CCC2. The van der Waals surface area contributed by atoms with Gasteiger partial charge >= 0.3 is 0 Å². The number of ether oxygens (including phenoxy) is 1. The summed E-state index contributed by atoms with van der Waals surface area (Å²) in [4.78, 5) is 0. The molecule has 0 atom stereocenters. The Labute approximate surface area is 117 Å². The summed E-state index contributed by atoms with van der Waals surface area (Å²) in [6.45, 7) is 6.03. The summed E-state index contributed by atoms with van der Waals surface area (Å²) in [6.07, 6.45) is 7.39. The first-order chi connectivity index (χ1) is 9.40. The molecule has 1 aromatic rings. The van der Waals surface area contributed by atoms with Crippen molar-refractivity contribution >= 4 is 0 Å². The number of benzene rings is 1. The minimum atomic E-state index is 0.886. The van der Waals surface area contributed by atoms with Gasteiger partial charge in [-0.15, -0.1) is 0 Å². The van der Waals surface area contributed by atoms with Crippen molar-refractivity contribution in [1.29, 1.82) is 0 Å². The summed E-state index contributed by atoms with van der Waals surface area (Å²) in [5.41, 5.74) is 4.56. The molecule has 2 nitrogen and oxygen atoms in total. The highest BCUT2D eigenvalue weighted by atomic mass is 16.5. The van der Waals surface area contributed by atoms with Gasteiger partial charge in [-0.2, -0.15) is 0 Å². The van der Waals surface area contributed by atoms with E-state index in [9.17, 15) is 0 Å². The van der Waals surface area contributed by atoms with Crippen molar-refractivity contribution in [3.63, 3.8) is 0 Å². The number of hydrogen-bond acceptors (Lipinski definition) is 2. The molecule has 0 aromatic heterocycles. The Morgan fingerprint density at radius 1 is 1.11 bits per heavy atom. The highest BCUT2D eigenvalue weighted by Crippen LogP contribution is 2.22. The van der Waals surface area contributed by atoms with Gasteiger partial charge in [0.15, 0.2) is 0 Å². The molecule has 0 saturated carbocycles. The van der Waals surface area contributed by atoms with Crippen LogP contribution in [0.25, 0.3) is 0 Å². The molecule has 2 heteroatoms. The largest absolute Gasteiger partial charge is 0.381 e. The van der Waals surface area contributed by atoms with Crippen LogP contribution in [-0.2, 0) is 24.1 Å². The Hall–Kier alpha value is -0.860. The fourth-order valence-corrected chi connectivity index (χ4v) is 2.62. The van der Waals surface area contributed by atoms with Gasteiger partial charge in [0, 0.05) is 19.8 Å². The molecule has 0 spiro atoms. The van der Waals surface area contributed by atoms with Gasteiger partial charge in [0.05, 0.1) is 0 Å². The van der Waals surface area contributed by atoms with Gasteiger partial charge < -0.3 is 10.1 Å². The number of rotatable bonds is 9. The lowest BCUT2D eigenvalue weighted by Gasteiger charge is -2.07. The summed E-state index contributed by atoms with van der Waals surface area (Å²) in [5.74, 6) is 0. The summed E-state index contributed by atoms with van der Waals surface area (Å²) in [6, 6.07) is 6.97. The summed E-state index contributed by atoms with van der Waals surface area (Å²) >= 11 is 0. The third-order valence-electron chi connectivity index (χ3n) is 3.78. The second-order valence-electron chi connectivity index (χ2n) is 5.45. The molecule has 0 fully saturated rings. The van der Waals surface area contributed by atoms with Crippen molar-refractivity contribution in [3.05, 3.63) is 34.9 Å². The van der Waals surface area contributed by atoms with E-state index in [0.29, 0.717) is 0 Å². The van der Waals surface area contributed by atoms with Crippen LogP contribution in [0.5, 0.6) is 0 Å². The van der Waals surface area contributed by atoms with E-state index >= 15 is 0 Å². The van der Waals surface area contributed by atoms with E-state index in [1.807, 2.05) is 0 Å². The standard InChI is InChI=1S/C17H27NO/c1-2-3-11-19-12-5-10-18-14-15-8-9-16-6-4-7-17(16)13-15/h8-9,13,18H,2-7,10-12,14H2,1H3. The predicted molar refractivity (Wildman–Crippen MR) is 80.5 cm³/mol. The molecule has 0 unspecified atom stereocenters. The minimum absolute atomic E-state index is 0.886. The van der Waals surface area contributed by atoms with Gasteiger partial charge in [0.1, 0.15) is 0 Å². The Balaban J connectivity index is 1.56. The first-order valence-electron chi connectivity index (χ1n) is 7.79. The molecular formula is C17H27NO. The lowest BCUT2D eigenvalue weighted by molar-refractivity contribution is 0.129. The average Bonchev–Trinajstić information content (AvgIpc) is 2.89. The lowest BCUT2D eigenvalue weighted by atomic mass is 10.1. The Morgan fingerprint density at radius 2 is 1.95 bits per heavy atom. The normalized spacial score (nSPS) is 13.7. The van der Waals surface area contributed by atoms with E-state index in [4.69, 9.17) is 4.74 Å². The molecule has 1 aliphatic carbocycles. The Kier molecular flexibility index (Phi) is 6.38. The minimum Gasteiger partial charge on any atom is -0.381 e. The molecule has 1 N–H and O–H groups in total. The Morgan fingerprint density at radius 3 is 2.84 bits per heavy atom. The molecule has 0 radical (unpaired) electrons. The molecule has 1 aromatic carbocycles. The third-order valence-corrected chi connectivity index (χ3v) is 3.78. The predicted octanol–water partition coefficient (Wildman–Crippen LogP) is 3.47. The van der Waals surface area contributed by atoms with Crippen LogP contribution in [0.1, 0.15) is 49.3 Å². The van der Waals surface area contributed by atoms with E-state index in [2.05, 4.69) is 30.4 Å². The van der Waals surface area contributed by atoms with Crippen LogP contribution in [0.4, 0.5) is 0 Å². The van der Waals surface area contributed by atoms with Crippen LogP contribution >= 0.6 is 0 Å². The number of nitrogens with one attached hydrogen (secondary N) is 1. The maximum Gasteiger partial charge on any atom is 0.0478 e. The zero-order chi connectivity index (χ0) is 13.3. The van der Waals surface area contributed by atoms with Crippen molar-refractivity contribution < 1.29 is 4.74 Å². The maximum absolute atomic E-state index is 5.55. The molecule has 19 heavy (non-hydrogen) atoms. The number of hydrogen-bond donors (Lipinski definition) is 1. The molecule has 1 aliphatic rings. The van der Waals surface area contributed by atoms with Crippen LogP contribution in [0, 0.1) is 0 Å². The molecule has 0 saturated heterocycles. The van der Waals surface area contributed by atoms with Crippen molar-refractivity contribution in [2.45, 2.75) is 52.0 Å². The van der Waals surface area contributed by atoms with E-state index in [0.717, 1.165) is 32.7 Å². The van der Waals surface area contributed by atoms with Gasteiger partial charge in [-0.1, -0.05) is 31.5 Å². The van der Waals surface area contributed by atoms with Crippen LogP contribution in [0.15, 0.2) is 18.2 Å². The second kappa shape index (κ2) is 8.34. The highest BCUT2D eigenvalue weighted by Gasteiger charge is 2.10. The molecular weight excluding hydrogens is 234 g/mol. The lowest BCUT2D eigenvalue weighted by Crippen LogP contribution is -2.16. The molecule has 0 bridgehead atoms. The third kappa shape index (κ3) is 4.96. The average molecular weight is 261 g/mol. The first kappa shape index (κ1) is 14.5. The van der Waals surface area contributed by atoms with Crippen LogP contribution in [-0.4, -0.2) is 19.8 Å². The summed E-state index contributed by atoms with van der Waals surface area (Å²) < 4.78 is 5.55.